The van der Waals surface area contributed by atoms with Crippen molar-refractivity contribution < 1.29 is 19.1 Å². The first-order valence-corrected chi connectivity index (χ1v) is 14.5. The quantitative estimate of drug-likeness (QED) is 0.283. The number of carbonyl (C=O) groups excluding carboxylic acids is 3. The maximum Gasteiger partial charge on any atom is 0.239 e. The van der Waals surface area contributed by atoms with Crippen molar-refractivity contribution in [3.8, 4) is 11.1 Å². The number of nitrogens with zero attached hydrogens (tertiary/aromatic N) is 2. The second kappa shape index (κ2) is 15.0. The minimum Gasteiger partial charge on any atom is -0.379 e. The van der Waals surface area contributed by atoms with Gasteiger partial charge in [-0.15, -0.1) is 0 Å². The number of halogens is 2. The number of anilines is 2. The van der Waals surface area contributed by atoms with Gasteiger partial charge in [-0.1, -0.05) is 59.6 Å². The van der Waals surface area contributed by atoms with E-state index in [2.05, 4.69) is 39.8 Å². The summed E-state index contributed by atoms with van der Waals surface area (Å²) in [6.45, 7) is 5.41. The van der Waals surface area contributed by atoms with Gasteiger partial charge in [0.05, 0.1) is 36.3 Å². The average molecular weight is 613 g/mol. The molecule has 3 aromatic carbocycles. The summed E-state index contributed by atoms with van der Waals surface area (Å²) >= 11 is 12.2. The van der Waals surface area contributed by atoms with E-state index in [0.29, 0.717) is 35.5 Å². The van der Waals surface area contributed by atoms with Crippen molar-refractivity contribution in [3.63, 3.8) is 0 Å². The van der Waals surface area contributed by atoms with Gasteiger partial charge in [0.1, 0.15) is 0 Å². The zero-order chi connectivity index (χ0) is 30.1. The van der Waals surface area contributed by atoms with Crippen molar-refractivity contribution in [2.75, 3.05) is 62.7 Å². The van der Waals surface area contributed by atoms with Crippen LogP contribution in [0.4, 0.5) is 11.4 Å². The molecule has 4 rings (SSSR count). The first kappa shape index (κ1) is 31.3. The van der Waals surface area contributed by atoms with Crippen LogP contribution in [0.1, 0.15) is 18.4 Å². The fourth-order valence-corrected chi connectivity index (χ4v) is 5.18. The highest BCUT2D eigenvalue weighted by Gasteiger charge is 2.21. The number of amides is 3. The van der Waals surface area contributed by atoms with Gasteiger partial charge in [-0.25, -0.2) is 0 Å². The highest BCUT2D eigenvalue weighted by Crippen LogP contribution is 2.28. The number of rotatable bonds is 12. The van der Waals surface area contributed by atoms with E-state index >= 15 is 0 Å². The molecule has 3 aromatic rings. The number of nitrogens with two attached hydrogens (primary N) is 1. The number of primary amides is 1. The molecule has 11 heteroatoms. The first-order chi connectivity index (χ1) is 20.2. The summed E-state index contributed by atoms with van der Waals surface area (Å²) in [4.78, 5) is 40.2. The lowest BCUT2D eigenvalue weighted by molar-refractivity contribution is -0.120. The Hall–Kier alpha value is -3.63. The van der Waals surface area contributed by atoms with Gasteiger partial charge < -0.3 is 26.0 Å². The van der Waals surface area contributed by atoms with E-state index in [1.807, 2.05) is 24.3 Å². The molecule has 0 spiro atoms. The second-order valence-corrected chi connectivity index (χ2v) is 11.0. The van der Waals surface area contributed by atoms with Gasteiger partial charge in [0.2, 0.25) is 17.7 Å². The standard InChI is InChI=1S/C31H35Cl2N5O4/c1-21(39)36-26-4-2-3-24(15-26)22-5-7-23(8-6-22)25(18-37-11-13-42-14-12-37)17-35-31(41)20-38(19-30(34)40)27-9-10-28(32)29(33)16-27/h2-10,15-16,25H,11-14,17-20H2,1H3,(H2,34,40)(H,35,41)(H,36,39). The van der Waals surface area contributed by atoms with Crippen LogP contribution in [-0.4, -0.2) is 75.1 Å². The van der Waals surface area contributed by atoms with Crippen LogP contribution in [0.5, 0.6) is 0 Å². The molecule has 1 fully saturated rings. The topological polar surface area (TPSA) is 117 Å². The van der Waals surface area contributed by atoms with Gasteiger partial charge in [-0.05, 0) is 47.0 Å². The summed E-state index contributed by atoms with van der Waals surface area (Å²) in [7, 11) is 0. The second-order valence-electron chi connectivity index (χ2n) is 10.2. The molecule has 0 aliphatic carbocycles. The van der Waals surface area contributed by atoms with E-state index in [4.69, 9.17) is 33.7 Å². The molecule has 222 valence electrons. The summed E-state index contributed by atoms with van der Waals surface area (Å²) in [5.41, 5.74) is 9.86. The van der Waals surface area contributed by atoms with E-state index in [1.165, 1.54) is 6.92 Å². The molecule has 0 bridgehead atoms. The van der Waals surface area contributed by atoms with Crippen molar-refractivity contribution in [2.45, 2.75) is 12.8 Å². The molecule has 4 N–H and O–H groups in total. The Bertz CT molecular complexity index is 1400. The molecule has 1 aliphatic rings. The van der Waals surface area contributed by atoms with Crippen molar-refractivity contribution in [2.24, 2.45) is 5.73 Å². The van der Waals surface area contributed by atoms with Gasteiger partial charge in [0.15, 0.2) is 0 Å². The number of nitrogens with one attached hydrogen (secondary N) is 2. The third-order valence-electron chi connectivity index (χ3n) is 6.98. The van der Waals surface area contributed by atoms with Crippen LogP contribution in [0.3, 0.4) is 0 Å². The molecule has 3 amide bonds. The van der Waals surface area contributed by atoms with Crippen LogP contribution in [0.15, 0.2) is 66.7 Å². The lowest BCUT2D eigenvalue weighted by Crippen LogP contribution is -2.44. The maximum absolute atomic E-state index is 13.1. The summed E-state index contributed by atoms with van der Waals surface area (Å²) in [5, 5.41) is 6.57. The lowest BCUT2D eigenvalue weighted by atomic mass is 9.95. The van der Waals surface area contributed by atoms with Crippen LogP contribution in [0.2, 0.25) is 10.0 Å². The van der Waals surface area contributed by atoms with Crippen molar-refractivity contribution in [1.29, 1.82) is 0 Å². The number of ether oxygens (including phenoxy) is 1. The maximum atomic E-state index is 13.1. The summed E-state index contributed by atoms with van der Waals surface area (Å²) < 4.78 is 5.52. The Kier molecular flexibility index (Phi) is 11.2. The predicted molar refractivity (Wildman–Crippen MR) is 167 cm³/mol. The zero-order valence-electron chi connectivity index (χ0n) is 23.4. The SMILES string of the molecule is CC(=O)Nc1cccc(-c2ccc(C(CNC(=O)CN(CC(N)=O)c3ccc(Cl)c(Cl)c3)CN3CCOCC3)cc2)c1. The van der Waals surface area contributed by atoms with Crippen LogP contribution in [0, 0.1) is 0 Å². The third kappa shape index (κ3) is 9.19. The van der Waals surface area contributed by atoms with Crippen molar-refractivity contribution in [1.82, 2.24) is 10.2 Å². The first-order valence-electron chi connectivity index (χ1n) is 13.7. The third-order valence-corrected chi connectivity index (χ3v) is 7.71. The number of hydrogen-bond acceptors (Lipinski definition) is 6. The van der Waals surface area contributed by atoms with Gasteiger partial charge in [0, 0.05) is 50.4 Å². The number of morpholine rings is 1. The Labute approximate surface area is 255 Å². The molecule has 1 saturated heterocycles. The Balaban J connectivity index is 1.47. The van der Waals surface area contributed by atoms with E-state index < -0.39 is 5.91 Å². The molecule has 1 heterocycles. The van der Waals surface area contributed by atoms with Crippen LogP contribution in [0.25, 0.3) is 11.1 Å². The van der Waals surface area contributed by atoms with E-state index in [-0.39, 0.29) is 30.8 Å². The predicted octanol–water partition coefficient (Wildman–Crippen LogP) is 4.14. The fourth-order valence-electron chi connectivity index (χ4n) is 4.89. The number of hydrogen-bond donors (Lipinski definition) is 3. The van der Waals surface area contributed by atoms with E-state index in [0.717, 1.165) is 42.0 Å². The highest BCUT2D eigenvalue weighted by molar-refractivity contribution is 6.42. The monoisotopic (exact) mass is 611 g/mol. The fraction of sp³-hybridized carbons (Fsp3) is 0.323. The smallest absolute Gasteiger partial charge is 0.239 e. The molecule has 0 saturated carbocycles. The average Bonchev–Trinajstić information content (AvgIpc) is 2.96. The summed E-state index contributed by atoms with van der Waals surface area (Å²) in [6, 6.07) is 20.9. The van der Waals surface area contributed by atoms with E-state index in [1.54, 1.807) is 23.1 Å². The Morgan fingerprint density at radius 3 is 2.36 bits per heavy atom. The molecule has 1 unspecified atom stereocenters. The number of carbonyl (C=O) groups is 3. The van der Waals surface area contributed by atoms with Gasteiger partial charge in [-0.3, -0.25) is 19.3 Å². The minimum atomic E-state index is -0.568. The highest BCUT2D eigenvalue weighted by atomic mass is 35.5. The van der Waals surface area contributed by atoms with Gasteiger partial charge in [-0.2, -0.15) is 0 Å². The molecule has 1 atom stereocenters. The van der Waals surface area contributed by atoms with Gasteiger partial charge >= 0.3 is 0 Å². The lowest BCUT2D eigenvalue weighted by Gasteiger charge is -2.31. The Morgan fingerprint density at radius 2 is 1.69 bits per heavy atom. The number of benzene rings is 3. The molecule has 9 nitrogen and oxygen atoms in total. The zero-order valence-corrected chi connectivity index (χ0v) is 25.0. The van der Waals surface area contributed by atoms with Crippen molar-refractivity contribution >= 4 is 52.3 Å². The molecule has 0 radical (unpaired) electrons. The summed E-state index contributed by atoms with van der Waals surface area (Å²) in [6.07, 6.45) is 0. The molecular weight excluding hydrogens is 577 g/mol. The van der Waals surface area contributed by atoms with Gasteiger partial charge in [0.25, 0.3) is 0 Å². The molecular formula is C31H35Cl2N5O4. The van der Waals surface area contributed by atoms with Crippen LogP contribution >= 0.6 is 23.2 Å². The van der Waals surface area contributed by atoms with Crippen molar-refractivity contribution in [3.05, 3.63) is 82.3 Å². The summed E-state index contributed by atoms with van der Waals surface area (Å²) in [5.74, 6) is -0.922. The van der Waals surface area contributed by atoms with Crippen LogP contribution < -0.4 is 21.3 Å². The molecule has 42 heavy (non-hydrogen) atoms. The minimum absolute atomic E-state index is 0.0152. The normalized spacial score (nSPS) is 14.2. The largest absolute Gasteiger partial charge is 0.379 e. The van der Waals surface area contributed by atoms with Crippen LogP contribution in [-0.2, 0) is 19.1 Å². The van der Waals surface area contributed by atoms with E-state index in [9.17, 15) is 14.4 Å². The molecule has 0 aromatic heterocycles. The molecule has 1 aliphatic heterocycles. The Morgan fingerprint density at radius 1 is 0.952 bits per heavy atom.